The number of esters is 1. The zero-order valence-corrected chi connectivity index (χ0v) is 12.4. The minimum absolute atomic E-state index is 0.0520. The summed E-state index contributed by atoms with van der Waals surface area (Å²) < 4.78 is 32.2. The van der Waals surface area contributed by atoms with Crippen LogP contribution in [0.15, 0.2) is 18.7 Å². The lowest BCUT2D eigenvalue weighted by molar-refractivity contribution is -0.140. The number of nitrogens with one attached hydrogen (secondary N) is 1. The number of hydrogen-bond donors (Lipinski definition) is 1. The van der Waals surface area contributed by atoms with Crippen molar-refractivity contribution in [3.63, 3.8) is 0 Å². The molecule has 0 aliphatic heterocycles. The Morgan fingerprint density at radius 1 is 1.35 bits per heavy atom. The van der Waals surface area contributed by atoms with Crippen LogP contribution in [0, 0.1) is 0 Å². The Bertz CT molecular complexity index is 485. The summed E-state index contributed by atoms with van der Waals surface area (Å²) in [4.78, 5) is 14.8. The summed E-state index contributed by atoms with van der Waals surface area (Å²) in [5, 5.41) is 0. The van der Waals surface area contributed by atoms with Crippen LogP contribution in [0.25, 0.3) is 0 Å². The molecule has 0 unspecified atom stereocenters. The van der Waals surface area contributed by atoms with Gasteiger partial charge in [0.05, 0.1) is 19.2 Å². The fourth-order valence-electron chi connectivity index (χ4n) is 1.65. The molecule has 7 nitrogen and oxygen atoms in total. The number of ether oxygens (including phenoxy) is 1. The quantitative estimate of drug-likeness (QED) is 0.503. The molecule has 1 aromatic heterocycles. The van der Waals surface area contributed by atoms with Crippen molar-refractivity contribution in [1.82, 2.24) is 14.3 Å². The maximum atomic E-state index is 11.6. The number of sulfonamides is 1. The van der Waals surface area contributed by atoms with Crippen LogP contribution < -0.4 is 4.72 Å². The number of unbranched alkanes of at least 4 members (excludes halogenated alkanes) is 1. The van der Waals surface area contributed by atoms with Crippen molar-refractivity contribution in [2.24, 2.45) is 0 Å². The molecule has 20 heavy (non-hydrogen) atoms. The van der Waals surface area contributed by atoms with E-state index >= 15 is 0 Å². The molecule has 1 heterocycles. The summed E-state index contributed by atoms with van der Waals surface area (Å²) in [5.41, 5.74) is 0. The van der Waals surface area contributed by atoms with E-state index in [1.54, 1.807) is 12.5 Å². The molecule has 1 N–H and O–H groups in total. The summed E-state index contributed by atoms with van der Waals surface area (Å²) in [7, 11) is -2.01. The van der Waals surface area contributed by atoms with E-state index < -0.39 is 10.0 Å². The van der Waals surface area contributed by atoms with Gasteiger partial charge < -0.3 is 9.30 Å². The first-order valence-corrected chi connectivity index (χ1v) is 8.18. The highest BCUT2D eigenvalue weighted by atomic mass is 32.2. The Balaban J connectivity index is 2.08. The highest BCUT2D eigenvalue weighted by Crippen LogP contribution is 1.98. The molecule has 0 aromatic carbocycles. The molecule has 0 aliphatic carbocycles. The smallest absolute Gasteiger partial charge is 0.305 e. The van der Waals surface area contributed by atoms with Gasteiger partial charge in [0.1, 0.15) is 0 Å². The molecule has 0 saturated carbocycles. The first kappa shape index (κ1) is 16.6. The molecular formula is C12H21N3O4S. The number of imidazole rings is 1. The Morgan fingerprint density at radius 2 is 2.15 bits per heavy atom. The van der Waals surface area contributed by atoms with Gasteiger partial charge >= 0.3 is 5.97 Å². The Morgan fingerprint density at radius 3 is 2.80 bits per heavy atom. The summed E-state index contributed by atoms with van der Waals surface area (Å²) >= 11 is 0. The molecule has 0 radical (unpaired) electrons. The number of aryl methyl sites for hydroxylation is 1. The molecule has 0 fully saturated rings. The molecule has 1 rings (SSSR count). The van der Waals surface area contributed by atoms with Crippen LogP contribution >= 0.6 is 0 Å². The third-order valence-electron chi connectivity index (χ3n) is 2.75. The van der Waals surface area contributed by atoms with Gasteiger partial charge in [-0.25, -0.2) is 18.1 Å². The van der Waals surface area contributed by atoms with E-state index in [0.717, 1.165) is 19.4 Å². The number of aromatic nitrogens is 2. The third kappa shape index (κ3) is 7.25. The van der Waals surface area contributed by atoms with Gasteiger partial charge in [-0.1, -0.05) is 0 Å². The van der Waals surface area contributed by atoms with E-state index in [1.165, 1.54) is 7.11 Å². The second-order valence-corrected chi connectivity index (χ2v) is 6.33. The Labute approximate surface area is 119 Å². The van der Waals surface area contributed by atoms with Crippen molar-refractivity contribution in [3.05, 3.63) is 18.7 Å². The van der Waals surface area contributed by atoms with Gasteiger partial charge in [-0.05, 0) is 19.3 Å². The first-order chi connectivity index (χ1) is 9.53. The number of rotatable bonds is 10. The highest BCUT2D eigenvalue weighted by molar-refractivity contribution is 7.89. The van der Waals surface area contributed by atoms with Crippen molar-refractivity contribution < 1.29 is 17.9 Å². The van der Waals surface area contributed by atoms with E-state index in [4.69, 9.17) is 0 Å². The molecule has 0 bridgehead atoms. The average Bonchev–Trinajstić information content (AvgIpc) is 2.91. The number of methoxy groups -OCH3 is 1. The Kier molecular flexibility index (Phi) is 7.24. The second kappa shape index (κ2) is 8.70. The summed E-state index contributed by atoms with van der Waals surface area (Å²) in [6, 6.07) is 0. The lowest BCUT2D eigenvalue weighted by Gasteiger charge is -2.06. The van der Waals surface area contributed by atoms with Crippen LogP contribution in [0.2, 0.25) is 0 Å². The average molecular weight is 303 g/mol. The maximum Gasteiger partial charge on any atom is 0.305 e. The predicted molar refractivity (Wildman–Crippen MR) is 74.5 cm³/mol. The van der Waals surface area contributed by atoms with E-state index in [0.29, 0.717) is 6.54 Å². The zero-order chi connectivity index (χ0) is 14.8. The van der Waals surface area contributed by atoms with Gasteiger partial charge in [0, 0.05) is 31.9 Å². The number of nitrogens with zero attached hydrogens (tertiary/aromatic N) is 2. The topological polar surface area (TPSA) is 90.3 Å². The Hall–Kier alpha value is -1.41. The third-order valence-corrected chi connectivity index (χ3v) is 4.22. The van der Waals surface area contributed by atoms with E-state index in [9.17, 15) is 13.2 Å². The fraction of sp³-hybridized carbons (Fsp3) is 0.667. The van der Waals surface area contributed by atoms with Crippen LogP contribution in [0.1, 0.15) is 25.7 Å². The molecule has 8 heteroatoms. The number of hydrogen-bond acceptors (Lipinski definition) is 5. The second-order valence-electron chi connectivity index (χ2n) is 4.40. The van der Waals surface area contributed by atoms with Crippen molar-refractivity contribution in [3.8, 4) is 0 Å². The van der Waals surface area contributed by atoms with Crippen LogP contribution in [-0.2, 0) is 26.1 Å². The van der Waals surface area contributed by atoms with E-state index in [-0.39, 0.29) is 24.6 Å². The SMILES string of the molecule is COC(=O)CCCS(=O)(=O)NCCCCn1ccnc1. The molecule has 0 spiro atoms. The highest BCUT2D eigenvalue weighted by Gasteiger charge is 2.10. The van der Waals surface area contributed by atoms with Crippen molar-refractivity contribution in [1.29, 1.82) is 0 Å². The minimum Gasteiger partial charge on any atom is -0.469 e. The van der Waals surface area contributed by atoms with Crippen molar-refractivity contribution in [2.75, 3.05) is 19.4 Å². The number of carbonyl (C=O) groups excluding carboxylic acids is 1. The molecule has 0 aliphatic rings. The molecular weight excluding hydrogens is 282 g/mol. The van der Waals surface area contributed by atoms with Gasteiger partial charge in [-0.3, -0.25) is 4.79 Å². The predicted octanol–water partition coefficient (Wildman–Crippen LogP) is 0.536. The van der Waals surface area contributed by atoms with Crippen LogP contribution in [0.3, 0.4) is 0 Å². The first-order valence-electron chi connectivity index (χ1n) is 6.53. The van der Waals surface area contributed by atoms with Crippen LogP contribution in [0.4, 0.5) is 0 Å². The van der Waals surface area contributed by atoms with Gasteiger partial charge in [0.15, 0.2) is 0 Å². The lowest BCUT2D eigenvalue weighted by atomic mass is 10.3. The van der Waals surface area contributed by atoms with Gasteiger partial charge in [0.25, 0.3) is 0 Å². The van der Waals surface area contributed by atoms with E-state index in [2.05, 4.69) is 14.4 Å². The van der Waals surface area contributed by atoms with Crippen LogP contribution in [-0.4, -0.2) is 43.3 Å². The van der Waals surface area contributed by atoms with Crippen molar-refractivity contribution >= 4 is 16.0 Å². The van der Waals surface area contributed by atoms with Gasteiger partial charge in [0.2, 0.25) is 10.0 Å². The van der Waals surface area contributed by atoms with Gasteiger partial charge in [-0.15, -0.1) is 0 Å². The molecule has 0 amide bonds. The normalized spacial score (nSPS) is 11.4. The fourth-order valence-corrected chi connectivity index (χ4v) is 2.77. The lowest BCUT2D eigenvalue weighted by Crippen LogP contribution is -2.27. The summed E-state index contributed by atoms with van der Waals surface area (Å²) in [6.07, 6.45) is 7.35. The molecule has 114 valence electrons. The molecule has 0 saturated heterocycles. The van der Waals surface area contributed by atoms with E-state index in [1.807, 2.05) is 10.8 Å². The summed E-state index contributed by atoms with van der Waals surface area (Å²) in [6.45, 7) is 1.24. The van der Waals surface area contributed by atoms with Crippen molar-refractivity contribution in [2.45, 2.75) is 32.2 Å². The summed E-state index contributed by atoms with van der Waals surface area (Å²) in [5.74, 6) is -0.440. The maximum absolute atomic E-state index is 11.6. The number of carbonyl (C=O) groups is 1. The van der Waals surface area contributed by atoms with Crippen LogP contribution in [0.5, 0.6) is 0 Å². The molecule has 0 atom stereocenters. The molecule has 1 aromatic rings. The minimum atomic E-state index is -3.30. The van der Waals surface area contributed by atoms with Gasteiger partial charge in [-0.2, -0.15) is 0 Å². The zero-order valence-electron chi connectivity index (χ0n) is 11.6. The standard InChI is InChI=1S/C12H21N3O4S/c1-19-12(16)5-4-10-20(17,18)14-6-2-3-8-15-9-7-13-11-15/h7,9,11,14H,2-6,8,10H2,1H3. The largest absolute Gasteiger partial charge is 0.469 e. The monoisotopic (exact) mass is 303 g/mol.